The largest absolute Gasteiger partial charge is 0.497 e. The summed E-state index contributed by atoms with van der Waals surface area (Å²) >= 11 is 0. The number of hydrogen-bond donors (Lipinski definition) is 0. The van der Waals surface area contributed by atoms with Crippen LogP contribution in [0.5, 0.6) is 11.5 Å². The monoisotopic (exact) mass is 648 g/mol. The first-order valence-electron chi connectivity index (χ1n) is 17.9. The fourth-order valence-electron chi connectivity index (χ4n) is 6.07. The minimum absolute atomic E-state index is 0.247. The van der Waals surface area contributed by atoms with Crippen LogP contribution < -0.4 is 9.47 Å². The lowest BCUT2D eigenvalue weighted by Gasteiger charge is -2.15. The van der Waals surface area contributed by atoms with Crippen LogP contribution in [0.25, 0.3) is 0 Å². The molecular weight excluding hydrogens is 596 g/mol. The fraction of sp³-hybridized carbons (Fsp3) is 0.395. The summed E-state index contributed by atoms with van der Waals surface area (Å²) in [6, 6.07) is 32.9. The summed E-state index contributed by atoms with van der Waals surface area (Å²) in [6.45, 7) is 0.467. The standard InChI is InChI=1S/C43H52O5/c1-46-39-30-20-23-35(34-39)22-12-6-2-3-8-18-31-40-36(29-21-32-41(40)48-43(45)38-27-16-11-17-28-38)24-13-7-4-5-9-19-33-47-42(44)37-25-14-10-15-26-37/h10-11,14-17,20-21,23,25-30,32,34H,2-9,12-13,18-19,22,24,31,33H2,1H3. The molecule has 0 saturated heterocycles. The predicted octanol–water partition coefficient (Wildman–Crippen LogP) is 10.8. The van der Waals surface area contributed by atoms with Gasteiger partial charge in [-0.1, -0.05) is 112 Å². The molecule has 0 radical (unpaired) electrons. The van der Waals surface area contributed by atoms with Crippen molar-refractivity contribution >= 4 is 11.9 Å². The highest BCUT2D eigenvalue weighted by molar-refractivity contribution is 5.91. The number of hydrogen-bond acceptors (Lipinski definition) is 5. The molecule has 0 aliphatic carbocycles. The smallest absolute Gasteiger partial charge is 0.343 e. The zero-order valence-corrected chi connectivity index (χ0v) is 28.7. The van der Waals surface area contributed by atoms with Gasteiger partial charge in [0.1, 0.15) is 11.5 Å². The van der Waals surface area contributed by atoms with Gasteiger partial charge in [-0.05, 0) is 104 Å². The van der Waals surface area contributed by atoms with Crippen LogP contribution in [-0.2, 0) is 24.0 Å². The van der Waals surface area contributed by atoms with E-state index in [-0.39, 0.29) is 11.9 Å². The SMILES string of the molecule is COc1cccc(CCCCCCCCc2c(CCCCCCCCOC(=O)c3ccccc3)cccc2OC(=O)c2ccccc2)c1. The van der Waals surface area contributed by atoms with Gasteiger partial charge in [0.2, 0.25) is 0 Å². The average molecular weight is 649 g/mol. The lowest BCUT2D eigenvalue weighted by molar-refractivity contribution is 0.0497. The van der Waals surface area contributed by atoms with Crippen LogP contribution in [0.15, 0.2) is 103 Å². The molecule has 0 amide bonds. The molecular formula is C43H52O5. The molecule has 0 heterocycles. The first-order chi connectivity index (χ1) is 23.6. The first-order valence-corrected chi connectivity index (χ1v) is 17.9. The minimum Gasteiger partial charge on any atom is -0.497 e. The maximum atomic E-state index is 13.0. The van der Waals surface area contributed by atoms with Gasteiger partial charge in [0.15, 0.2) is 0 Å². The van der Waals surface area contributed by atoms with Gasteiger partial charge in [-0.3, -0.25) is 0 Å². The molecule has 5 heteroatoms. The predicted molar refractivity (Wildman–Crippen MR) is 194 cm³/mol. The maximum absolute atomic E-state index is 13.0. The zero-order valence-electron chi connectivity index (χ0n) is 28.7. The summed E-state index contributed by atoms with van der Waals surface area (Å²) < 4.78 is 16.7. The molecule has 254 valence electrons. The van der Waals surface area contributed by atoms with Crippen molar-refractivity contribution in [2.45, 2.75) is 96.3 Å². The molecule has 0 aliphatic heterocycles. The second-order valence-corrected chi connectivity index (χ2v) is 12.5. The summed E-state index contributed by atoms with van der Waals surface area (Å²) in [5.41, 5.74) is 4.98. The Morgan fingerprint density at radius 2 is 1.08 bits per heavy atom. The quantitative estimate of drug-likeness (QED) is 0.0482. The second-order valence-electron chi connectivity index (χ2n) is 12.5. The molecule has 0 aliphatic rings. The summed E-state index contributed by atoms with van der Waals surface area (Å²) in [5.74, 6) is 1.07. The lowest BCUT2D eigenvalue weighted by atomic mass is 9.95. The molecule has 4 aromatic rings. The summed E-state index contributed by atoms with van der Waals surface area (Å²) in [7, 11) is 1.72. The third kappa shape index (κ3) is 13.0. The Labute approximate surface area is 287 Å². The van der Waals surface area contributed by atoms with Crippen LogP contribution in [0.3, 0.4) is 0 Å². The van der Waals surface area contributed by atoms with E-state index in [0.717, 1.165) is 70.0 Å². The number of methoxy groups -OCH3 is 1. The van der Waals surface area contributed by atoms with Gasteiger partial charge in [-0.2, -0.15) is 0 Å². The molecule has 0 saturated carbocycles. The number of rotatable bonds is 22. The molecule has 0 aromatic heterocycles. The van der Waals surface area contributed by atoms with Crippen LogP contribution >= 0.6 is 0 Å². The van der Waals surface area contributed by atoms with E-state index in [4.69, 9.17) is 14.2 Å². The van der Waals surface area contributed by atoms with Gasteiger partial charge in [0.05, 0.1) is 24.8 Å². The number of aryl methyl sites for hydroxylation is 2. The molecule has 0 spiro atoms. The van der Waals surface area contributed by atoms with E-state index in [9.17, 15) is 9.59 Å². The molecule has 4 rings (SSSR count). The number of unbranched alkanes of at least 4 members (excludes halogenated alkanes) is 10. The van der Waals surface area contributed by atoms with E-state index in [2.05, 4.69) is 24.3 Å². The van der Waals surface area contributed by atoms with Crippen molar-refractivity contribution in [2.24, 2.45) is 0 Å². The number of esters is 2. The van der Waals surface area contributed by atoms with Crippen molar-refractivity contribution in [3.8, 4) is 11.5 Å². The van der Waals surface area contributed by atoms with Gasteiger partial charge in [0.25, 0.3) is 0 Å². The minimum atomic E-state index is -0.306. The molecule has 0 N–H and O–H groups in total. The zero-order chi connectivity index (χ0) is 33.7. The second kappa shape index (κ2) is 21.5. The van der Waals surface area contributed by atoms with Gasteiger partial charge in [-0.15, -0.1) is 0 Å². The average Bonchev–Trinajstić information content (AvgIpc) is 3.13. The Hall–Kier alpha value is -4.38. The maximum Gasteiger partial charge on any atom is 0.343 e. The fourth-order valence-corrected chi connectivity index (χ4v) is 6.07. The number of ether oxygens (including phenoxy) is 3. The van der Waals surface area contributed by atoms with E-state index in [0.29, 0.717) is 23.5 Å². The first kappa shape index (κ1) is 36.5. The van der Waals surface area contributed by atoms with E-state index in [1.54, 1.807) is 31.4 Å². The van der Waals surface area contributed by atoms with E-state index in [1.807, 2.05) is 54.6 Å². The van der Waals surface area contributed by atoms with Crippen molar-refractivity contribution < 1.29 is 23.8 Å². The van der Waals surface area contributed by atoms with Gasteiger partial charge >= 0.3 is 11.9 Å². The van der Waals surface area contributed by atoms with Gasteiger partial charge < -0.3 is 14.2 Å². The van der Waals surface area contributed by atoms with Crippen LogP contribution in [0.1, 0.15) is 114 Å². The van der Waals surface area contributed by atoms with Crippen LogP contribution in [0.4, 0.5) is 0 Å². The van der Waals surface area contributed by atoms with Gasteiger partial charge in [0, 0.05) is 0 Å². The van der Waals surface area contributed by atoms with Gasteiger partial charge in [-0.25, -0.2) is 9.59 Å². The van der Waals surface area contributed by atoms with Crippen molar-refractivity contribution in [1.82, 2.24) is 0 Å². The highest BCUT2D eigenvalue weighted by atomic mass is 16.5. The Bertz CT molecular complexity index is 1500. The third-order valence-corrected chi connectivity index (χ3v) is 8.80. The normalized spacial score (nSPS) is 10.9. The van der Waals surface area contributed by atoms with Crippen molar-refractivity contribution in [3.05, 3.63) is 131 Å². The summed E-state index contributed by atoms with van der Waals surface area (Å²) in [4.78, 5) is 25.0. The van der Waals surface area contributed by atoms with Crippen molar-refractivity contribution in [1.29, 1.82) is 0 Å². The highest BCUT2D eigenvalue weighted by Gasteiger charge is 2.15. The number of carbonyl (C=O) groups excluding carboxylic acids is 2. The Balaban J connectivity index is 1.18. The highest BCUT2D eigenvalue weighted by Crippen LogP contribution is 2.28. The third-order valence-electron chi connectivity index (χ3n) is 8.80. The van der Waals surface area contributed by atoms with Crippen LogP contribution in [0, 0.1) is 0 Å². The molecule has 0 unspecified atom stereocenters. The molecule has 4 aromatic carbocycles. The Morgan fingerprint density at radius 3 is 1.75 bits per heavy atom. The Morgan fingerprint density at radius 1 is 0.521 bits per heavy atom. The number of carbonyl (C=O) groups is 2. The topological polar surface area (TPSA) is 61.8 Å². The van der Waals surface area contributed by atoms with E-state index >= 15 is 0 Å². The van der Waals surface area contributed by atoms with Crippen molar-refractivity contribution in [2.75, 3.05) is 13.7 Å². The summed E-state index contributed by atoms with van der Waals surface area (Å²) in [5, 5.41) is 0. The lowest BCUT2D eigenvalue weighted by Crippen LogP contribution is -2.11. The summed E-state index contributed by atoms with van der Waals surface area (Å²) in [6.07, 6.45) is 16.6. The van der Waals surface area contributed by atoms with Crippen LogP contribution in [0.2, 0.25) is 0 Å². The molecule has 0 atom stereocenters. The van der Waals surface area contributed by atoms with Crippen LogP contribution in [-0.4, -0.2) is 25.7 Å². The van der Waals surface area contributed by atoms with E-state index < -0.39 is 0 Å². The molecule has 48 heavy (non-hydrogen) atoms. The number of benzene rings is 4. The molecule has 0 bridgehead atoms. The molecule has 0 fully saturated rings. The van der Waals surface area contributed by atoms with E-state index in [1.165, 1.54) is 48.8 Å². The molecule has 5 nitrogen and oxygen atoms in total. The van der Waals surface area contributed by atoms with Crippen molar-refractivity contribution in [3.63, 3.8) is 0 Å². The Kier molecular flexibility index (Phi) is 16.3.